The molecule has 0 N–H and O–H groups in total. The summed E-state index contributed by atoms with van der Waals surface area (Å²) >= 11 is 0. The molecule has 0 unspecified atom stereocenters. The van der Waals surface area contributed by atoms with Crippen LogP contribution in [0.2, 0.25) is 0 Å². The average Bonchev–Trinajstić information content (AvgIpc) is 1.19. The van der Waals surface area contributed by atoms with Crippen molar-refractivity contribution in [2.24, 2.45) is 0 Å². The molecule has 7 nitrogen and oxygen atoms in total. The SMILES string of the molecule is O=S(=O)([O-])[O-].O=[Si]([O-])[O-].[Mg+2]. The third kappa shape index (κ3) is 6780. The molecule has 0 bridgehead atoms. The van der Waals surface area contributed by atoms with E-state index in [2.05, 4.69) is 0 Å². The Bertz CT molecular complexity index is 156. The van der Waals surface area contributed by atoms with Crippen molar-refractivity contribution in [1.29, 1.82) is 0 Å². The van der Waals surface area contributed by atoms with Crippen molar-refractivity contribution >= 4 is 42.6 Å². The summed E-state index contributed by atoms with van der Waals surface area (Å²) in [6.07, 6.45) is 0. The second-order valence-corrected chi connectivity index (χ2v) is 1.97. The van der Waals surface area contributed by atoms with E-state index in [-0.39, 0.29) is 23.1 Å². The topological polar surface area (TPSA) is 143 Å². The van der Waals surface area contributed by atoms with E-state index in [1.54, 1.807) is 0 Å². The smallest absolute Gasteiger partial charge is 0.759 e. The maximum Gasteiger partial charge on any atom is 2.00 e. The molecule has 0 rings (SSSR count). The Morgan fingerprint density at radius 1 is 1.10 bits per heavy atom. The molecule has 0 radical (unpaired) electrons. The number of rotatable bonds is 0. The van der Waals surface area contributed by atoms with E-state index in [0.717, 1.165) is 0 Å². The maximum absolute atomic E-state index is 8.52. The Morgan fingerprint density at radius 3 is 1.10 bits per heavy atom. The first-order valence-corrected chi connectivity index (χ1v) is 3.84. The fourth-order valence-electron chi connectivity index (χ4n) is 0. The van der Waals surface area contributed by atoms with Crippen molar-refractivity contribution in [3.63, 3.8) is 0 Å². The molecule has 0 saturated carbocycles. The quantitative estimate of drug-likeness (QED) is 0.215. The summed E-state index contributed by atoms with van der Waals surface area (Å²) in [7, 11) is -8.80. The van der Waals surface area contributed by atoms with Gasteiger partial charge in [-0.25, -0.2) is 0 Å². The summed E-state index contributed by atoms with van der Waals surface area (Å²) < 4.78 is 42.6. The van der Waals surface area contributed by atoms with Gasteiger partial charge in [-0.1, -0.05) is 0 Å². The molecule has 0 fully saturated rings. The van der Waals surface area contributed by atoms with Crippen LogP contribution in [0, 0.1) is 0 Å². The fourth-order valence-corrected chi connectivity index (χ4v) is 0. The van der Waals surface area contributed by atoms with E-state index in [4.69, 9.17) is 31.6 Å². The Balaban J connectivity index is -0.0000000910. The number of hydrogen-bond donors (Lipinski definition) is 0. The molecular formula is MgO7SSi-2. The van der Waals surface area contributed by atoms with Crippen LogP contribution >= 0.6 is 0 Å². The molecule has 0 heterocycles. The van der Waals surface area contributed by atoms with Crippen molar-refractivity contribution in [3.8, 4) is 0 Å². The number of hydrogen-bond acceptors (Lipinski definition) is 7. The summed E-state index contributed by atoms with van der Waals surface area (Å²) in [4.78, 5) is 17.0. The van der Waals surface area contributed by atoms with Crippen LogP contribution in [0.15, 0.2) is 0 Å². The second-order valence-electron chi connectivity index (χ2n) is 0.658. The monoisotopic (exact) mass is 196 g/mol. The van der Waals surface area contributed by atoms with Gasteiger partial charge in [-0.15, -0.1) is 0 Å². The van der Waals surface area contributed by atoms with Gasteiger partial charge >= 0.3 is 23.1 Å². The van der Waals surface area contributed by atoms with E-state index in [1.165, 1.54) is 0 Å². The first-order chi connectivity index (χ1) is 3.73. The van der Waals surface area contributed by atoms with E-state index < -0.39 is 19.6 Å². The molecule has 56 valence electrons. The first kappa shape index (κ1) is 16.7. The van der Waals surface area contributed by atoms with Crippen LogP contribution < -0.4 is 9.59 Å². The Hall–Kier alpha value is 0.253. The van der Waals surface area contributed by atoms with Crippen molar-refractivity contribution in [2.45, 2.75) is 0 Å². The molecule has 0 spiro atoms. The standard InChI is InChI=1S/Mg.H2O4S.O3Si/c;1-5(2,3)4;1-4(2)3/h;(H2,1,2,3,4);/q+2;;-2/p-2. The van der Waals surface area contributed by atoms with E-state index in [0.29, 0.717) is 0 Å². The summed E-state index contributed by atoms with van der Waals surface area (Å²) in [6.45, 7) is 0. The van der Waals surface area contributed by atoms with Crippen LogP contribution in [0.3, 0.4) is 0 Å². The van der Waals surface area contributed by atoms with Crippen LogP contribution in [0.4, 0.5) is 0 Å². The molecule has 0 aromatic rings. The van der Waals surface area contributed by atoms with E-state index >= 15 is 0 Å². The summed E-state index contributed by atoms with van der Waals surface area (Å²) in [5, 5.41) is 0. The second kappa shape index (κ2) is 7.36. The van der Waals surface area contributed by atoms with Crippen LogP contribution in [0.5, 0.6) is 0 Å². The third-order valence-electron chi connectivity index (χ3n) is 0. The molecule has 10 heteroatoms. The molecule has 0 saturated heterocycles. The molecule has 0 atom stereocenters. The fraction of sp³-hybridized carbons (Fsp3) is 0. The van der Waals surface area contributed by atoms with Crippen molar-refractivity contribution < 1.29 is 31.6 Å². The summed E-state index contributed by atoms with van der Waals surface area (Å²) in [6, 6.07) is 0. The van der Waals surface area contributed by atoms with Crippen LogP contribution in [-0.4, -0.2) is 49.7 Å². The van der Waals surface area contributed by atoms with Gasteiger partial charge in [-0.2, -0.15) is 0 Å². The van der Waals surface area contributed by atoms with Crippen LogP contribution in [0.1, 0.15) is 0 Å². The van der Waals surface area contributed by atoms with Gasteiger partial charge in [0.05, 0.1) is 0 Å². The van der Waals surface area contributed by atoms with Gasteiger partial charge in [0.25, 0.3) is 0 Å². The maximum atomic E-state index is 8.52. The first-order valence-electron chi connectivity index (χ1n) is 1.28. The van der Waals surface area contributed by atoms with Gasteiger partial charge in [0.1, 0.15) is 0 Å². The molecule has 0 aliphatic heterocycles. The largest absolute Gasteiger partial charge is 2.00 e. The average molecular weight is 196 g/mol. The van der Waals surface area contributed by atoms with Crippen molar-refractivity contribution in [3.05, 3.63) is 0 Å². The predicted molar refractivity (Wildman–Crippen MR) is 22.7 cm³/mol. The Kier molecular flexibility index (Phi) is 12.3. The predicted octanol–water partition coefficient (Wildman–Crippen LogP) is -4.60. The normalized spacial score (nSPS) is 8.20. The minimum absolute atomic E-state index is 0. The molecule has 0 aliphatic rings. The van der Waals surface area contributed by atoms with Crippen LogP contribution in [0.25, 0.3) is 0 Å². The Labute approximate surface area is 74.3 Å². The zero-order valence-electron chi connectivity index (χ0n) is 4.47. The van der Waals surface area contributed by atoms with Gasteiger partial charge < -0.3 is 23.2 Å². The van der Waals surface area contributed by atoms with Gasteiger partial charge in [-0.3, -0.25) is 8.42 Å². The van der Waals surface area contributed by atoms with Crippen LogP contribution in [-0.2, 0) is 14.9 Å². The molecule has 10 heavy (non-hydrogen) atoms. The molecule has 0 aromatic carbocycles. The van der Waals surface area contributed by atoms with E-state index in [1.807, 2.05) is 0 Å². The van der Waals surface area contributed by atoms with Gasteiger partial charge in [0, 0.05) is 19.6 Å². The Morgan fingerprint density at radius 2 is 1.10 bits per heavy atom. The third-order valence-corrected chi connectivity index (χ3v) is 0. The zero-order chi connectivity index (χ0) is 8.08. The minimum Gasteiger partial charge on any atom is -0.759 e. The summed E-state index contributed by atoms with van der Waals surface area (Å²) in [5.74, 6) is 0. The summed E-state index contributed by atoms with van der Waals surface area (Å²) in [5.41, 5.74) is 0. The molecular weight excluding hydrogens is 196 g/mol. The van der Waals surface area contributed by atoms with Gasteiger partial charge in [-0.05, 0) is 0 Å². The molecule has 0 amide bonds. The van der Waals surface area contributed by atoms with Gasteiger partial charge in [0.2, 0.25) is 0 Å². The van der Waals surface area contributed by atoms with Gasteiger partial charge in [0.15, 0.2) is 0 Å². The van der Waals surface area contributed by atoms with Crippen molar-refractivity contribution in [2.75, 3.05) is 0 Å². The van der Waals surface area contributed by atoms with Crippen molar-refractivity contribution in [1.82, 2.24) is 0 Å². The zero-order valence-corrected chi connectivity index (χ0v) is 7.70. The minimum atomic E-state index is -5.17. The molecule has 0 aromatic heterocycles. The molecule has 0 aliphatic carbocycles. The van der Waals surface area contributed by atoms with E-state index in [9.17, 15) is 0 Å².